The van der Waals surface area contributed by atoms with E-state index >= 15 is 0 Å². The van der Waals surface area contributed by atoms with Crippen LogP contribution in [0.15, 0.2) is 42.9 Å². The topological polar surface area (TPSA) is 90.1 Å². The highest BCUT2D eigenvalue weighted by molar-refractivity contribution is 5.91. The monoisotopic (exact) mass is 370 g/mol. The van der Waals surface area contributed by atoms with Crippen LogP contribution in [0.4, 0.5) is 13.2 Å². The zero-order valence-corrected chi connectivity index (χ0v) is 14.7. The maximum atomic E-state index is 12.1. The minimum absolute atomic E-state index is 0. The fourth-order valence-corrected chi connectivity index (χ4v) is 1.54. The maximum Gasteiger partial charge on any atom is 0.573 e. The number of nitrogens with two attached hydrogens (primary N) is 1. The number of benzene rings is 1. The first-order chi connectivity index (χ1) is 11.9. The van der Waals surface area contributed by atoms with E-state index in [4.69, 9.17) is 5.73 Å². The van der Waals surface area contributed by atoms with Crippen molar-refractivity contribution < 1.29 is 22.7 Å². The SMILES string of the molecule is CC(C)(C)N.O=C(NCc1cccc(OC(F)(F)F)c1)c1cnccn1. The molecule has 0 saturated heterocycles. The molecule has 0 spiro atoms. The molecule has 0 fully saturated rings. The lowest BCUT2D eigenvalue weighted by molar-refractivity contribution is -0.274. The standard InChI is InChI=1S/C13H10F3N3O2.C4H11N/c14-13(15,16)21-10-3-1-2-9(6-10)7-19-12(20)11-8-17-4-5-18-11;1-4(2,3)5/h1-6,8H,7H2,(H,19,20);5H2,1-3H3. The molecule has 1 heterocycles. The van der Waals surface area contributed by atoms with Crippen molar-refractivity contribution in [1.29, 1.82) is 0 Å². The van der Waals surface area contributed by atoms with Gasteiger partial charge in [-0.25, -0.2) is 4.98 Å². The van der Waals surface area contributed by atoms with Gasteiger partial charge in [-0.1, -0.05) is 12.1 Å². The van der Waals surface area contributed by atoms with Crippen molar-refractivity contribution in [3.63, 3.8) is 0 Å². The van der Waals surface area contributed by atoms with Crippen molar-refractivity contribution in [2.45, 2.75) is 39.2 Å². The van der Waals surface area contributed by atoms with Crippen LogP contribution in [-0.4, -0.2) is 27.8 Å². The van der Waals surface area contributed by atoms with E-state index in [-0.39, 0.29) is 23.5 Å². The highest BCUT2D eigenvalue weighted by Crippen LogP contribution is 2.23. The average Bonchev–Trinajstić information content (AvgIpc) is 2.50. The Labute approximate surface area is 149 Å². The van der Waals surface area contributed by atoms with Crippen LogP contribution in [0, 0.1) is 0 Å². The number of aromatic nitrogens is 2. The molecule has 1 aromatic carbocycles. The van der Waals surface area contributed by atoms with E-state index in [0.29, 0.717) is 5.56 Å². The predicted octanol–water partition coefficient (Wildman–Crippen LogP) is 3.05. The van der Waals surface area contributed by atoms with Gasteiger partial charge in [0.15, 0.2) is 0 Å². The maximum absolute atomic E-state index is 12.1. The quantitative estimate of drug-likeness (QED) is 0.863. The zero-order chi connectivity index (χ0) is 19.8. The summed E-state index contributed by atoms with van der Waals surface area (Å²) in [5, 5.41) is 2.53. The third kappa shape index (κ3) is 10.2. The number of amides is 1. The van der Waals surface area contributed by atoms with Crippen LogP contribution < -0.4 is 15.8 Å². The Morgan fingerprint density at radius 1 is 1.23 bits per heavy atom. The lowest BCUT2D eigenvalue weighted by atomic mass is 10.1. The number of halogens is 3. The minimum Gasteiger partial charge on any atom is -0.406 e. The van der Waals surface area contributed by atoms with Gasteiger partial charge < -0.3 is 15.8 Å². The van der Waals surface area contributed by atoms with Crippen molar-refractivity contribution in [3.05, 3.63) is 54.1 Å². The molecule has 0 atom stereocenters. The Balaban J connectivity index is 0.000000597. The molecular formula is C17H21F3N4O2. The number of hydrogen-bond acceptors (Lipinski definition) is 5. The molecule has 0 bridgehead atoms. The molecule has 142 valence electrons. The van der Waals surface area contributed by atoms with Gasteiger partial charge in [-0.3, -0.25) is 9.78 Å². The van der Waals surface area contributed by atoms with E-state index < -0.39 is 12.3 Å². The van der Waals surface area contributed by atoms with Gasteiger partial charge in [0.25, 0.3) is 5.91 Å². The second kappa shape index (κ2) is 9.14. The smallest absolute Gasteiger partial charge is 0.406 e. The van der Waals surface area contributed by atoms with Crippen LogP contribution in [0.25, 0.3) is 0 Å². The van der Waals surface area contributed by atoms with Crippen molar-refractivity contribution in [3.8, 4) is 5.75 Å². The zero-order valence-electron chi connectivity index (χ0n) is 14.7. The summed E-state index contributed by atoms with van der Waals surface area (Å²) < 4.78 is 40.1. The Morgan fingerprint density at radius 3 is 2.42 bits per heavy atom. The molecule has 0 aliphatic heterocycles. The summed E-state index contributed by atoms with van der Waals surface area (Å²) in [7, 11) is 0. The number of hydrogen-bond donors (Lipinski definition) is 2. The molecular weight excluding hydrogens is 349 g/mol. The first-order valence-electron chi connectivity index (χ1n) is 7.62. The lowest BCUT2D eigenvalue weighted by Crippen LogP contribution is -2.26. The van der Waals surface area contributed by atoms with Gasteiger partial charge in [0.1, 0.15) is 11.4 Å². The molecule has 0 aliphatic carbocycles. The van der Waals surface area contributed by atoms with Gasteiger partial charge in [0.05, 0.1) is 6.20 Å². The van der Waals surface area contributed by atoms with Crippen LogP contribution in [0.2, 0.25) is 0 Å². The van der Waals surface area contributed by atoms with Gasteiger partial charge in [-0.05, 0) is 38.5 Å². The summed E-state index contributed by atoms with van der Waals surface area (Å²) >= 11 is 0. The number of alkyl halides is 3. The van der Waals surface area contributed by atoms with Gasteiger partial charge in [0.2, 0.25) is 0 Å². The summed E-state index contributed by atoms with van der Waals surface area (Å²) in [5.74, 6) is -0.806. The van der Waals surface area contributed by atoms with Crippen molar-refractivity contribution in [2.75, 3.05) is 0 Å². The van der Waals surface area contributed by atoms with Gasteiger partial charge in [-0.15, -0.1) is 13.2 Å². The summed E-state index contributed by atoms with van der Waals surface area (Å²) in [6.07, 6.45) is -0.665. The predicted molar refractivity (Wildman–Crippen MR) is 90.3 cm³/mol. The van der Waals surface area contributed by atoms with E-state index in [1.165, 1.54) is 36.8 Å². The van der Waals surface area contributed by atoms with E-state index in [9.17, 15) is 18.0 Å². The first-order valence-corrected chi connectivity index (χ1v) is 7.62. The molecule has 26 heavy (non-hydrogen) atoms. The second-order valence-electron chi connectivity index (χ2n) is 6.33. The fourth-order valence-electron chi connectivity index (χ4n) is 1.54. The molecule has 0 radical (unpaired) electrons. The molecule has 0 unspecified atom stereocenters. The lowest BCUT2D eigenvalue weighted by Gasteiger charge is -2.10. The Kier molecular flexibility index (Phi) is 7.51. The average molecular weight is 370 g/mol. The molecule has 1 aromatic heterocycles. The van der Waals surface area contributed by atoms with Gasteiger partial charge >= 0.3 is 6.36 Å². The van der Waals surface area contributed by atoms with E-state index in [2.05, 4.69) is 20.0 Å². The third-order valence-corrected chi connectivity index (χ3v) is 2.38. The normalized spacial score (nSPS) is 11.2. The molecule has 0 saturated carbocycles. The molecule has 1 amide bonds. The van der Waals surface area contributed by atoms with Gasteiger partial charge in [0, 0.05) is 24.5 Å². The second-order valence-corrected chi connectivity index (χ2v) is 6.33. The van der Waals surface area contributed by atoms with E-state index in [0.717, 1.165) is 0 Å². The van der Waals surface area contributed by atoms with E-state index in [1.54, 1.807) is 6.07 Å². The van der Waals surface area contributed by atoms with Crippen LogP contribution in [0.5, 0.6) is 5.75 Å². The molecule has 0 aliphatic rings. The first kappa shape index (κ1) is 21.4. The van der Waals surface area contributed by atoms with Crippen LogP contribution in [0.3, 0.4) is 0 Å². The number of nitrogens with zero attached hydrogens (tertiary/aromatic N) is 2. The van der Waals surface area contributed by atoms with Crippen LogP contribution in [-0.2, 0) is 6.54 Å². The Bertz CT molecular complexity index is 695. The number of ether oxygens (including phenoxy) is 1. The summed E-state index contributed by atoms with van der Waals surface area (Å²) in [5.41, 5.74) is 5.95. The van der Waals surface area contributed by atoms with Crippen LogP contribution >= 0.6 is 0 Å². The Morgan fingerprint density at radius 2 is 1.88 bits per heavy atom. The number of carbonyl (C=O) groups excluding carboxylic acids is 1. The summed E-state index contributed by atoms with van der Waals surface area (Å²) in [6.45, 7) is 5.94. The van der Waals surface area contributed by atoms with Gasteiger partial charge in [-0.2, -0.15) is 0 Å². The summed E-state index contributed by atoms with van der Waals surface area (Å²) in [4.78, 5) is 19.3. The number of nitrogens with one attached hydrogen (secondary N) is 1. The largest absolute Gasteiger partial charge is 0.573 e. The molecule has 2 rings (SSSR count). The van der Waals surface area contributed by atoms with Crippen molar-refractivity contribution in [1.82, 2.24) is 15.3 Å². The highest BCUT2D eigenvalue weighted by atomic mass is 19.4. The third-order valence-electron chi connectivity index (χ3n) is 2.38. The fraction of sp³-hybridized carbons (Fsp3) is 0.353. The molecule has 3 N–H and O–H groups in total. The van der Waals surface area contributed by atoms with Crippen LogP contribution in [0.1, 0.15) is 36.8 Å². The Hall–Kier alpha value is -2.68. The number of rotatable bonds is 4. The highest BCUT2D eigenvalue weighted by Gasteiger charge is 2.31. The molecule has 9 heteroatoms. The van der Waals surface area contributed by atoms with Crippen molar-refractivity contribution >= 4 is 5.91 Å². The summed E-state index contributed by atoms with van der Waals surface area (Å²) in [6, 6.07) is 5.36. The van der Waals surface area contributed by atoms with Crippen molar-refractivity contribution in [2.24, 2.45) is 5.73 Å². The molecule has 6 nitrogen and oxygen atoms in total. The minimum atomic E-state index is -4.75. The number of carbonyl (C=O) groups is 1. The molecule has 2 aromatic rings. The van der Waals surface area contributed by atoms with E-state index in [1.807, 2.05) is 20.8 Å².